The number of esters is 1. The zero-order valence-electron chi connectivity index (χ0n) is 10.6. The minimum Gasteiger partial charge on any atom is -0.461 e. The van der Waals surface area contributed by atoms with Gasteiger partial charge >= 0.3 is 12.1 Å². The van der Waals surface area contributed by atoms with E-state index in [0.29, 0.717) is 12.8 Å². The fourth-order valence-corrected chi connectivity index (χ4v) is 3.59. The number of hydrogen-bond donors (Lipinski definition) is 0. The Labute approximate surface area is 127 Å². The first-order valence-electron chi connectivity index (χ1n) is 6.32. The number of thiophene rings is 1. The maximum absolute atomic E-state index is 12.7. The van der Waals surface area contributed by atoms with Gasteiger partial charge in [-0.25, -0.2) is 0 Å². The van der Waals surface area contributed by atoms with Crippen LogP contribution in [0.15, 0.2) is 15.2 Å². The van der Waals surface area contributed by atoms with Crippen LogP contribution in [0.25, 0.3) is 0 Å². The van der Waals surface area contributed by atoms with E-state index in [1.807, 2.05) is 11.4 Å². The Morgan fingerprint density at radius 2 is 2.20 bits per heavy atom. The second-order valence-electron chi connectivity index (χ2n) is 4.97. The third-order valence-corrected chi connectivity index (χ3v) is 5.03. The van der Waals surface area contributed by atoms with E-state index in [2.05, 4.69) is 15.9 Å². The van der Waals surface area contributed by atoms with E-state index in [4.69, 9.17) is 4.74 Å². The van der Waals surface area contributed by atoms with Crippen LogP contribution >= 0.6 is 27.3 Å². The Hall–Kier alpha value is -0.560. The summed E-state index contributed by atoms with van der Waals surface area (Å²) in [7, 11) is 0. The molecule has 0 radical (unpaired) electrons. The summed E-state index contributed by atoms with van der Waals surface area (Å²) in [6.07, 6.45) is -3.33. The highest BCUT2D eigenvalue weighted by atomic mass is 79.9. The molecule has 0 bridgehead atoms. The van der Waals surface area contributed by atoms with Gasteiger partial charge in [0.25, 0.3) is 0 Å². The van der Waals surface area contributed by atoms with E-state index in [0.717, 1.165) is 9.35 Å². The smallest absolute Gasteiger partial charge is 0.391 e. The number of ether oxygens (including phenoxy) is 1. The van der Waals surface area contributed by atoms with Crippen LogP contribution in [0.2, 0.25) is 0 Å². The van der Waals surface area contributed by atoms with Crippen molar-refractivity contribution in [2.75, 3.05) is 0 Å². The summed E-state index contributed by atoms with van der Waals surface area (Å²) in [5.41, 5.74) is 0.846. The van der Waals surface area contributed by atoms with Gasteiger partial charge in [0.1, 0.15) is 6.61 Å². The van der Waals surface area contributed by atoms with Gasteiger partial charge in [0.05, 0.1) is 15.6 Å². The molecular weight excluding hydrogens is 357 g/mol. The fourth-order valence-electron chi connectivity index (χ4n) is 2.39. The molecule has 1 heterocycles. The number of carbonyl (C=O) groups is 1. The largest absolute Gasteiger partial charge is 0.461 e. The maximum atomic E-state index is 12.7. The number of hydrogen-bond acceptors (Lipinski definition) is 3. The van der Waals surface area contributed by atoms with Gasteiger partial charge in [0.15, 0.2) is 0 Å². The van der Waals surface area contributed by atoms with Crippen LogP contribution in [0.3, 0.4) is 0 Å². The van der Waals surface area contributed by atoms with E-state index in [-0.39, 0.29) is 19.4 Å². The van der Waals surface area contributed by atoms with Crippen LogP contribution in [0.5, 0.6) is 0 Å². The van der Waals surface area contributed by atoms with E-state index in [1.54, 1.807) is 0 Å². The van der Waals surface area contributed by atoms with E-state index in [9.17, 15) is 18.0 Å². The predicted octanol–water partition coefficient (Wildman–Crippen LogP) is 4.92. The molecule has 0 saturated heterocycles. The summed E-state index contributed by atoms with van der Waals surface area (Å²) in [6.45, 7) is 0.119. The van der Waals surface area contributed by atoms with Gasteiger partial charge in [-0.15, -0.1) is 11.3 Å². The fraction of sp³-hybridized carbons (Fsp3) is 0.615. The Morgan fingerprint density at radius 3 is 2.80 bits per heavy atom. The van der Waals surface area contributed by atoms with Gasteiger partial charge in [-0.1, -0.05) is 6.42 Å². The van der Waals surface area contributed by atoms with Crippen LogP contribution in [-0.4, -0.2) is 12.1 Å². The average Bonchev–Trinajstić information content (AvgIpc) is 2.81. The van der Waals surface area contributed by atoms with Gasteiger partial charge in [0.2, 0.25) is 0 Å². The molecule has 7 heteroatoms. The summed E-state index contributed by atoms with van der Waals surface area (Å²) in [4.78, 5) is 11.9. The highest BCUT2D eigenvalue weighted by molar-refractivity contribution is 9.11. The van der Waals surface area contributed by atoms with Crippen molar-refractivity contribution < 1.29 is 22.7 Å². The second kappa shape index (κ2) is 6.47. The standard InChI is InChI=1S/C13H14BrF3O2S/c14-11-4-8(7-20-11)6-19-12(18)9-2-1-3-10(5-9)13(15,16)17/h4,7,9-10H,1-3,5-6H2. The molecule has 0 spiro atoms. The first kappa shape index (κ1) is 15.8. The monoisotopic (exact) mass is 370 g/mol. The molecule has 2 rings (SSSR count). The molecule has 1 aromatic heterocycles. The average molecular weight is 371 g/mol. The van der Waals surface area contributed by atoms with Crippen LogP contribution in [0.4, 0.5) is 13.2 Å². The van der Waals surface area contributed by atoms with Gasteiger partial charge in [0, 0.05) is 5.56 Å². The molecule has 1 fully saturated rings. The second-order valence-corrected chi connectivity index (χ2v) is 7.26. The quantitative estimate of drug-likeness (QED) is 0.705. The Balaban J connectivity index is 1.86. The Bertz CT molecular complexity index is 472. The predicted molar refractivity (Wildman–Crippen MR) is 73.3 cm³/mol. The maximum Gasteiger partial charge on any atom is 0.391 e. The van der Waals surface area contributed by atoms with E-state index < -0.39 is 24.0 Å². The topological polar surface area (TPSA) is 26.3 Å². The zero-order chi connectivity index (χ0) is 14.8. The van der Waals surface area contributed by atoms with Crippen molar-refractivity contribution in [3.8, 4) is 0 Å². The molecule has 0 aliphatic heterocycles. The van der Waals surface area contributed by atoms with Crippen LogP contribution in [0.1, 0.15) is 31.2 Å². The van der Waals surface area contributed by atoms with Crippen LogP contribution < -0.4 is 0 Å². The minimum absolute atomic E-state index is 0.116. The molecule has 1 aliphatic rings. The van der Waals surface area contributed by atoms with Crippen LogP contribution in [-0.2, 0) is 16.1 Å². The molecule has 2 nitrogen and oxygen atoms in total. The van der Waals surface area contributed by atoms with Gasteiger partial charge in [-0.05, 0) is 46.6 Å². The molecule has 2 atom stereocenters. The van der Waals surface area contributed by atoms with Gasteiger partial charge in [-0.3, -0.25) is 4.79 Å². The third-order valence-electron chi connectivity index (χ3n) is 3.47. The molecule has 0 N–H and O–H groups in total. The van der Waals surface area contributed by atoms with Crippen molar-refractivity contribution in [2.45, 2.75) is 38.5 Å². The molecule has 1 aliphatic carbocycles. The third kappa shape index (κ3) is 4.22. The summed E-state index contributed by atoms with van der Waals surface area (Å²) < 4.78 is 44.1. The summed E-state index contributed by atoms with van der Waals surface area (Å²) in [5, 5.41) is 1.84. The molecule has 2 unspecified atom stereocenters. The lowest BCUT2D eigenvalue weighted by Gasteiger charge is -2.29. The van der Waals surface area contributed by atoms with Crippen molar-refractivity contribution in [1.29, 1.82) is 0 Å². The Kier molecular flexibility index (Phi) is 5.12. The van der Waals surface area contributed by atoms with E-state index in [1.165, 1.54) is 11.3 Å². The summed E-state index contributed by atoms with van der Waals surface area (Å²) in [5.74, 6) is -2.51. The lowest BCUT2D eigenvalue weighted by Crippen LogP contribution is -2.32. The van der Waals surface area contributed by atoms with Crippen molar-refractivity contribution in [1.82, 2.24) is 0 Å². The summed E-state index contributed by atoms with van der Waals surface area (Å²) in [6, 6.07) is 1.83. The van der Waals surface area contributed by atoms with Crippen molar-refractivity contribution in [3.05, 3.63) is 20.8 Å². The van der Waals surface area contributed by atoms with Crippen LogP contribution in [0, 0.1) is 11.8 Å². The lowest BCUT2D eigenvalue weighted by atomic mass is 9.81. The molecular formula is C13H14BrF3O2S. The van der Waals surface area contributed by atoms with Gasteiger partial charge in [-0.2, -0.15) is 13.2 Å². The number of alkyl halides is 3. The molecule has 1 aromatic rings. The number of halogens is 4. The zero-order valence-corrected chi connectivity index (χ0v) is 13.0. The van der Waals surface area contributed by atoms with Crippen molar-refractivity contribution in [2.24, 2.45) is 11.8 Å². The highest BCUT2D eigenvalue weighted by Crippen LogP contribution is 2.40. The normalized spacial score (nSPS) is 23.6. The molecule has 1 saturated carbocycles. The first-order valence-corrected chi connectivity index (χ1v) is 8.00. The summed E-state index contributed by atoms with van der Waals surface area (Å²) >= 11 is 4.77. The minimum atomic E-state index is -4.21. The molecule has 0 amide bonds. The molecule has 20 heavy (non-hydrogen) atoms. The molecule has 0 aromatic carbocycles. The van der Waals surface area contributed by atoms with Crippen molar-refractivity contribution in [3.63, 3.8) is 0 Å². The first-order chi connectivity index (χ1) is 9.36. The Morgan fingerprint density at radius 1 is 1.45 bits per heavy atom. The van der Waals surface area contributed by atoms with Gasteiger partial charge < -0.3 is 4.74 Å². The number of carbonyl (C=O) groups excluding carboxylic acids is 1. The lowest BCUT2D eigenvalue weighted by molar-refractivity contribution is -0.189. The highest BCUT2D eigenvalue weighted by Gasteiger charge is 2.43. The van der Waals surface area contributed by atoms with Crippen molar-refractivity contribution >= 4 is 33.2 Å². The molecule has 112 valence electrons. The SMILES string of the molecule is O=C(OCc1csc(Br)c1)C1CCCC(C(F)(F)F)C1. The number of rotatable bonds is 3. The van der Waals surface area contributed by atoms with E-state index >= 15 is 0 Å².